The summed E-state index contributed by atoms with van der Waals surface area (Å²) in [5.74, 6) is -0.0146. The van der Waals surface area contributed by atoms with E-state index in [1.165, 1.54) is 44.6 Å². The van der Waals surface area contributed by atoms with Gasteiger partial charge >= 0.3 is 0 Å². The topological polar surface area (TPSA) is 84.9 Å². The second kappa shape index (κ2) is 11.3. The van der Waals surface area contributed by atoms with E-state index < -0.39 is 34.3 Å². The van der Waals surface area contributed by atoms with Crippen molar-refractivity contribution < 1.29 is 27.1 Å². The summed E-state index contributed by atoms with van der Waals surface area (Å²) in [5, 5.41) is 2.81. The van der Waals surface area contributed by atoms with Gasteiger partial charge in [0.1, 0.15) is 5.82 Å². The highest BCUT2D eigenvalue weighted by Gasteiger charge is 2.28. The minimum atomic E-state index is -4.08. The molecule has 186 valence electrons. The monoisotopic (exact) mass is 500 g/mol. The molecule has 0 saturated carbocycles. The van der Waals surface area contributed by atoms with Crippen molar-refractivity contribution in [3.63, 3.8) is 0 Å². The summed E-state index contributed by atoms with van der Waals surface area (Å²) in [7, 11) is -1.03. The van der Waals surface area contributed by atoms with Crippen LogP contribution >= 0.6 is 0 Å². The summed E-state index contributed by atoms with van der Waals surface area (Å²) >= 11 is 0. The molecule has 0 aliphatic carbocycles. The lowest BCUT2D eigenvalue weighted by molar-refractivity contribution is -0.122. The molecule has 3 aromatic rings. The Morgan fingerprint density at radius 2 is 1.66 bits per heavy atom. The first-order chi connectivity index (χ1) is 16.6. The third kappa shape index (κ3) is 6.37. The van der Waals surface area contributed by atoms with Crippen molar-refractivity contribution in [3.05, 3.63) is 89.2 Å². The predicted octanol–water partition coefficient (Wildman–Crippen LogP) is 4.22. The number of carbonyl (C=O) groups excluding carboxylic acids is 1. The fraction of sp³-hybridized carbons (Fsp3) is 0.269. The van der Waals surface area contributed by atoms with Crippen LogP contribution in [0.1, 0.15) is 29.7 Å². The molecule has 0 aliphatic heterocycles. The number of carbonyl (C=O) groups is 1. The zero-order chi connectivity index (χ0) is 25.6. The highest BCUT2D eigenvalue weighted by atomic mass is 32.2. The first-order valence-electron chi connectivity index (χ1n) is 11.0. The van der Waals surface area contributed by atoms with Crippen molar-refractivity contribution in [1.29, 1.82) is 0 Å². The number of halogens is 1. The van der Waals surface area contributed by atoms with E-state index in [0.717, 1.165) is 15.4 Å². The third-order valence-corrected chi connectivity index (χ3v) is 7.37. The van der Waals surface area contributed by atoms with Crippen molar-refractivity contribution in [2.45, 2.75) is 31.3 Å². The Kier molecular flexibility index (Phi) is 8.48. The Labute approximate surface area is 205 Å². The predicted molar refractivity (Wildman–Crippen MR) is 131 cm³/mol. The van der Waals surface area contributed by atoms with Gasteiger partial charge in [0.15, 0.2) is 11.5 Å². The summed E-state index contributed by atoms with van der Waals surface area (Å²) in [6, 6.07) is 17.0. The number of amides is 1. The lowest BCUT2D eigenvalue weighted by atomic mass is 10.1. The summed E-state index contributed by atoms with van der Waals surface area (Å²) < 4.78 is 52.7. The van der Waals surface area contributed by atoms with E-state index in [2.05, 4.69) is 5.32 Å². The Morgan fingerprint density at radius 1 is 1.00 bits per heavy atom. The number of aryl methyl sites for hydroxylation is 1. The van der Waals surface area contributed by atoms with Crippen LogP contribution in [0.15, 0.2) is 71.6 Å². The standard InChI is InChI=1S/C26H29FN2O5S/c1-18-9-12-22(13-10-18)35(31,32)29(16-21-7-5-6-8-23(21)27)17-26(30)28-19(2)20-11-14-24(33-3)25(15-20)34-4/h5-15,19H,16-17H2,1-4H3,(H,28,30)/t19-/m0/s1. The van der Waals surface area contributed by atoms with Gasteiger partial charge in [-0.25, -0.2) is 12.8 Å². The molecule has 0 spiro atoms. The Hall–Kier alpha value is -3.43. The van der Waals surface area contributed by atoms with Crippen molar-refractivity contribution in [1.82, 2.24) is 9.62 Å². The first-order valence-corrected chi connectivity index (χ1v) is 12.4. The van der Waals surface area contributed by atoms with Crippen LogP contribution in [0, 0.1) is 12.7 Å². The van der Waals surface area contributed by atoms with Gasteiger partial charge in [-0.2, -0.15) is 4.31 Å². The van der Waals surface area contributed by atoms with Gasteiger partial charge in [-0.3, -0.25) is 4.79 Å². The van der Waals surface area contributed by atoms with Crippen LogP contribution < -0.4 is 14.8 Å². The molecule has 3 rings (SSSR count). The van der Waals surface area contributed by atoms with Crippen LogP contribution in [0.5, 0.6) is 11.5 Å². The Balaban J connectivity index is 1.84. The summed E-state index contributed by atoms with van der Waals surface area (Å²) in [6.07, 6.45) is 0. The van der Waals surface area contributed by atoms with E-state index in [0.29, 0.717) is 11.5 Å². The molecule has 3 aromatic carbocycles. The average Bonchev–Trinajstić information content (AvgIpc) is 2.84. The van der Waals surface area contributed by atoms with Crippen LogP contribution in [-0.4, -0.2) is 39.4 Å². The van der Waals surface area contributed by atoms with Crippen LogP contribution in [0.4, 0.5) is 4.39 Å². The van der Waals surface area contributed by atoms with E-state index in [1.54, 1.807) is 43.3 Å². The van der Waals surface area contributed by atoms with Gasteiger partial charge in [-0.15, -0.1) is 0 Å². The summed E-state index contributed by atoms with van der Waals surface area (Å²) in [6.45, 7) is 2.84. The number of benzene rings is 3. The fourth-order valence-electron chi connectivity index (χ4n) is 3.55. The van der Waals surface area contributed by atoms with E-state index in [-0.39, 0.29) is 17.0 Å². The van der Waals surface area contributed by atoms with E-state index >= 15 is 0 Å². The van der Waals surface area contributed by atoms with Gasteiger partial charge in [-0.05, 0) is 49.7 Å². The van der Waals surface area contributed by atoms with Gasteiger partial charge in [0, 0.05) is 12.1 Å². The smallest absolute Gasteiger partial charge is 0.243 e. The fourth-order valence-corrected chi connectivity index (χ4v) is 4.93. The van der Waals surface area contributed by atoms with Gasteiger partial charge in [-0.1, -0.05) is 42.0 Å². The molecule has 0 fully saturated rings. The minimum Gasteiger partial charge on any atom is -0.493 e. The second-order valence-electron chi connectivity index (χ2n) is 8.08. The van der Waals surface area contributed by atoms with Gasteiger partial charge in [0.2, 0.25) is 15.9 Å². The number of hydrogen-bond acceptors (Lipinski definition) is 5. The third-order valence-electron chi connectivity index (χ3n) is 5.57. The van der Waals surface area contributed by atoms with Gasteiger partial charge < -0.3 is 14.8 Å². The number of ether oxygens (including phenoxy) is 2. The van der Waals surface area contributed by atoms with Crippen molar-refractivity contribution in [3.8, 4) is 11.5 Å². The van der Waals surface area contributed by atoms with E-state index in [1.807, 2.05) is 6.92 Å². The van der Waals surface area contributed by atoms with E-state index in [9.17, 15) is 17.6 Å². The molecule has 1 atom stereocenters. The minimum absolute atomic E-state index is 0.0279. The molecular formula is C26H29FN2O5S. The van der Waals surface area contributed by atoms with Crippen LogP contribution in [-0.2, 0) is 21.4 Å². The van der Waals surface area contributed by atoms with E-state index in [4.69, 9.17) is 9.47 Å². The maximum Gasteiger partial charge on any atom is 0.243 e. The number of methoxy groups -OCH3 is 2. The average molecular weight is 501 g/mol. The zero-order valence-corrected chi connectivity index (χ0v) is 20.9. The van der Waals surface area contributed by atoms with Crippen LogP contribution in [0.2, 0.25) is 0 Å². The lowest BCUT2D eigenvalue weighted by Gasteiger charge is -2.24. The number of hydrogen-bond donors (Lipinski definition) is 1. The second-order valence-corrected chi connectivity index (χ2v) is 10.0. The molecule has 0 radical (unpaired) electrons. The molecule has 0 heterocycles. The van der Waals surface area contributed by atoms with Gasteiger partial charge in [0.05, 0.1) is 31.7 Å². The number of nitrogens with one attached hydrogen (secondary N) is 1. The van der Waals surface area contributed by atoms with Crippen LogP contribution in [0.25, 0.3) is 0 Å². The number of sulfonamides is 1. The molecule has 0 bridgehead atoms. The maximum absolute atomic E-state index is 14.4. The largest absolute Gasteiger partial charge is 0.493 e. The molecule has 0 aliphatic rings. The van der Waals surface area contributed by atoms with Crippen molar-refractivity contribution >= 4 is 15.9 Å². The molecule has 35 heavy (non-hydrogen) atoms. The SMILES string of the molecule is COc1ccc([C@H](C)NC(=O)CN(Cc2ccccc2F)S(=O)(=O)c2ccc(C)cc2)cc1OC. The van der Waals surface area contributed by atoms with Crippen molar-refractivity contribution in [2.75, 3.05) is 20.8 Å². The molecule has 7 nitrogen and oxygen atoms in total. The molecule has 0 unspecified atom stereocenters. The quantitative estimate of drug-likeness (QED) is 0.451. The molecular weight excluding hydrogens is 471 g/mol. The molecule has 0 saturated heterocycles. The molecule has 0 aromatic heterocycles. The number of nitrogens with zero attached hydrogens (tertiary/aromatic N) is 1. The lowest BCUT2D eigenvalue weighted by Crippen LogP contribution is -2.41. The van der Waals surface area contributed by atoms with Gasteiger partial charge in [0.25, 0.3) is 0 Å². The highest BCUT2D eigenvalue weighted by Crippen LogP contribution is 2.30. The number of rotatable bonds is 10. The normalized spacial score (nSPS) is 12.3. The highest BCUT2D eigenvalue weighted by molar-refractivity contribution is 7.89. The Morgan fingerprint density at radius 3 is 2.29 bits per heavy atom. The zero-order valence-electron chi connectivity index (χ0n) is 20.1. The first kappa shape index (κ1) is 26.2. The maximum atomic E-state index is 14.4. The summed E-state index contributed by atoms with van der Waals surface area (Å²) in [4.78, 5) is 13.0. The molecule has 1 amide bonds. The molecule has 1 N–H and O–H groups in total. The van der Waals surface area contributed by atoms with Crippen molar-refractivity contribution in [2.24, 2.45) is 0 Å². The Bertz CT molecular complexity index is 1280. The van der Waals surface area contributed by atoms with Crippen LogP contribution in [0.3, 0.4) is 0 Å². The molecule has 9 heteroatoms. The summed E-state index contributed by atoms with van der Waals surface area (Å²) in [5.41, 5.74) is 1.81.